The Morgan fingerprint density at radius 2 is 1.95 bits per heavy atom. The van der Waals surface area contributed by atoms with Crippen LogP contribution in [-0.4, -0.2) is 81.5 Å². The number of ether oxygens (including phenoxy) is 2. The van der Waals surface area contributed by atoms with Gasteiger partial charge in [0.2, 0.25) is 0 Å². The van der Waals surface area contributed by atoms with Crippen LogP contribution in [0.1, 0.15) is 37.7 Å². The van der Waals surface area contributed by atoms with E-state index < -0.39 is 17.5 Å². The van der Waals surface area contributed by atoms with E-state index in [1.54, 1.807) is 12.3 Å². The summed E-state index contributed by atoms with van der Waals surface area (Å²) in [6.45, 7) is 4.63. The van der Waals surface area contributed by atoms with Crippen LogP contribution in [0.15, 0.2) is 24.4 Å². The lowest BCUT2D eigenvalue weighted by molar-refractivity contribution is 0.0302. The molecule has 4 saturated heterocycles. The van der Waals surface area contributed by atoms with Crippen LogP contribution in [0.4, 0.5) is 20.4 Å². The molecular formula is C31H32ClF2N7O2. The lowest BCUT2D eigenvalue weighted by Crippen LogP contribution is -2.44. The number of benzene rings is 1. The van der Waals surface area contributed by atoms with Crippen LogP contribution in [0, 0.1) is 12.7 Å². The molecule has 0 saturated carbocycles. The van der Waals surface area contributed by atoms with Gasteiger partial charge < -0.3 is 20.1 Å². The van der Waals surface area contributed by atoms with Gasteiger partial charge in [-0.15, -0.1) is 0 Å². The van der Waals surface area contributed by atoms with Gasteiger partial charge in [-0.2, -0.15) is 9.97 Å². The van der Waals surface area contributed by atoms with Crippen LogP contribution in [0.25, 0.3) is 33.1 Å². The Hall–Kier alpha value is -3.41. The Bertz CT molecular complexity index is 1760. The zero-order chi connectivity index (χ0) is 29.5. The molecule has 0 aliphatic carbocycles. The minimum Gasteiger partial charge on any atom is -0.461 e. The highest BCUT2D eigenvalue weighted by Crippen LogP contribution is 2.42. The number of fused-ring (bicyclic) bond motifs is 5. The van der Waals surface area contributed by atoms with Gasteiger partial charge >= 0.3 is 6.01 Å². The largest absolute Gasteiger partial charge is 0.461 e. The maximum atomic E-state index is 16.7. The number of halogens is 3. The van der Waals surface area contributed by atoms with E-state index in [1.165, 1.54) is 0 Å². The van der Waals surface area contributed by atoms with Crippen LogP contribution in [0.2, 0.25) is 5.02 Å². The van der Waals surface area contributed by atoms with E-state index in [2.05, 4.69) is 24.8 Å². The van der Waals surface area contributed by atoms with Crippen molar-refractivity contribution in [3.8, 4) is 17.4 Å². The summed E-state index contributed by atoms with van der Waals surface area (Å²) < 4.78 is 43.4. The average Bonchev–Trinajstić information content (AvgIpc) is 3.63. The Labute approximate surface area is 252 Å². The van der Waals surface area contributed by atoms with Crippen molar-refractivity contribution in [3.63, 3.8) is 0 Å². The molecule has 4 aliphatic rings. The summed E-state index contributed by atoms with van der Waals surface area (Å²) >= 11 is 6.72. The summed E-state index contributed by atoms with van der Waals surface area (Å²) in [4.78, 5) is 22.7. The third kappa shape index (κ3) is 4.46. The molecule has 4 atom stereocenters. The fourth-order valence-corrected chi connectivity index (χ4v) is 7.79. The fourth-order valence-electron chi connectivity index (χ4n) is 7.53. The van der Waals surface area contributed by atoms with Crippen LogP contribution in [-0.2, 0) is 4.74 Å². The molecule has 9 nitrogen and oxygen atoms in total. The summed E-state index contributed by atoms with van der Waals surface area (Å²) in [5.74, 6) is 0.112. The number of hydrogen-bond donors (Lipinski definition) is 1. The second-order valence-electron chi connectivity index (χ2n) is 12.4. The molecule has 0 amide bonds. The average molecular weight is 608 g/mol. The van der Waals surface area contributed by atoms with E-state index in [-0.39, 0.29) is 47.5 Å². The van der Waals surface area contributed by atoms with Crippen molar-refractivity contribution in [3.05, 3.63) is 40.8 Å². The topological polar surface area (TPSA) is 103 Å². The van der Waals surface area contributed by atoms with E-state index in [0.717, 1.165) is 43.2 Å². The van der Waals surface area contributed by atoms with Gasteiger partial charge in [-0.05, 0) is 56.2 Å². The minimum atomic E-state index is -0.886. The van der Waals surface area contributed by atoms with Crippen LogP contribution < -0.4 is 15.4 Å². The Balaban J connectivity index is 1.26. The Kier molecular flexibility index (Phi) is 6.36. The van der Waals surface area contributed by atoms with Crippen LogP contribution >= 0.6 is 11.6 Å². The lowest BCUT2D eigenvalue weighted by atomic mass is 9.95. The van der Waals surface area contributed by atoms with E-state index in [9.17, 15) is 4.39 Å². The van der Waals surface area contributed by atoms with Crippen molar-refractivity contribution < 1.29 is 18.3 Å². The molecule has 7 heterocycles. The molecular weight excluding hydrogens is 576 g/mol. The first kappa shape index (κ1) is 27.2. The monoisotopic (exact) mass is 607 g/mol. The standard InChI is InChI=1S/C31H32ClF2N7O2/c1-16-3-4-17-9-22(35)37-27(23(17)24(16)32)28-25(34)26-21(11-36-28)29(40-13-19-5-6-20(14-40)43-19)39-30(38-26)42-15-31-7-2-8-41(31)12-18(33)10-31/h3-4,9,11,18-20H,2,5-8,10,12-15H2,1H3,(H2,35,37)/t18-,19?,20?,31+/m1/s1. The first-order valence-corrected chi connectivity index (χ1v) is 15.3. The molecule has 8 rings (SSSR count). The van der Waals surface area contributed by atoms with E-state index in [0.29, 0.717) is 47.7 Å². The molecule has 2 bridgehead atoms. The van der Waals surface area contributed by atoms with Crippen molar-refractivity contribution in [1.29, 1.82) is 0 Å². The molecule has 4 aromatic rings. The van der Waals surface area contributed by atoms with Gasteiger partial charge in [0.1, 0.15) is 41.3 Å². The molecule has 2 N–H and O–H groups in total. The van der Waals surface area contributed by atoms with Crippen molar-refractivity contribution in [1.82, 2.24) is 24.8 Å². The molecule has 0 radical (unpaired) electrons. The van der Waals surface area contributed by atoms with Crippen LogP contribution in [0.3, 0.4) is 0 Å². The van der Waals surface area contributed by atoms with Gasteiger partial charge in [0.15, 0.2) is 5.82 Å². The minimum absolute atomic E-state index is 0.00780. The second-order valence-corrected chi connectivity index (χ2v) is 12.8. The Morgan fingerprint density at radius 3 is 2.77 bits per heavy atom. The fraction of sp³-hybridized carbons (Fsp3) is 0.484. The number of anilines is 2. The molecule has 0 spiro atoms. The highest BCUT2D eigenvalue weighted by atomic mass is 35.5. The number of aromatic nitrogens is 4. The summed E-state index contributed by atoms with van der Waals surface area (Å²) in [6, 6.07) is 5.53. The molecule has 2 unspecified atom stereocenters. The zero-order valence-electron chi connectivity index (χ0n) is 23.8. The highest BCUT2D eigenvalue weighted by Gasteiger charge is 2.49. The quantitative estimate of drug-likeness (QED) is 0.326. The SMILES string of the molecule is Cc1ccc2cc(N)nc(-c3ncc4c(N5CC6CCC(C5)O6)nc(OC[C@@]56CCCN5C[C@H](F)C6)nc4c3F)c2c1Cl. The normalized spacial score (nSPS) is 27.0. The summed E-state index contributed by atoms with van der Waals surface area (Å²) in [5.41, 5.74) is 6.89. The van der Waals surface area contributed by atoms with E-state index in [1.807, 2.05) is 19.1 Å². The maximum Gasteiger partial charge on any atom is 0.319 e. The molecule has 12 heteroatoms. The number of aryl methyl sites for hydroxylation is 1. The first-order chi connectivity index (χ1) is 20.8. The summed E-state index contributed by atoms with van der Waals surface area (Å²) in [5, 5.41) is 2.23. The number of hydrogen-bond acceptors (Lipinski definition) is 9. The van der Waals surface area contributed by atoms with Gasteiger partial charge in [0, 0.05) is 37.6 Å². The smallest absolute Gasteiger partial charge is 0.319 e. The third-order valence-electron chi connectivity index (χ3n) is 9.59. The predicted octanol–water partition coefficient (Wildman–Crippen LogP) is 5.25. The number of alkyl halides is 1. The van der Waals surface area contributed by atoms with Crippen molar-refractivity contribution in [2.24, 2.45) is 0 Å². The van der Waals surface area contributed by atoms with Crippen molar-refractivity contribution >= 4 is 44.9 Å². The first-order valence-electron chi connectivity index (χ1n) is 14.9. The van der Waals surface area contributed by atoms with Gasteiger partial charge in [0.05, 0.1) is 28.2 Å². The van der Waals surface area contributed by atoms with E-state index in [4.69, 9.17) is 31.8 Å². The van der Waals surface area contributed by atoms with Gasteiger partial charge in [-0.3, -0.25) is 9.88 Å². The van der Waals surface area contributed by atoms with Gasteiger partial charge in [0.25, 0.3) is 0 Å². The second kappa shape index (κ2) is 10.1. The number of pyridine rings is 2. The zero-order valence-corrected chi connectivity index (χ0v) is 24.6. The van der Waals surface area contributed by atoms with E-state index >= 15 is 4.39 Å². The molecule has 43 heavy (non-hydrogen) atoms. The third-order valence-corrected chi connectivity index (χ3v) is 10.1. The number of nitrogens with zero attached hydrogens (tertiary/aromatic N) is 6. The number of nitrogens with two attached hydrogens (primary N) is 1. The molecule has 4 fully saturated rings. The molecule has 224 valence electrons. The number of nitrogen functional groups attached to an aromatic ring is 1. The highest BCUT2D eigenvalue weighted by molar-refractivity contribution is 6.37. The van der Waals surface area contributed by atoms with Crippen molar-refractivity contribution in [2.75, 3.05) is 43.4 Å². The summed E-state index contributed by atoms with van der Waals surface area (Å²) in [7, 11) is 0. The Morgan fingerprint density at radius 1 is 1.14 bits per heavy atom. The van der Waals surface area contributed by atoms with Crippen LogP contribution in [0.5, 0.6) is 6.01 Å². The number of rotatable bonds is 5. The number of morpholine rings is 1. The predicted molar refractivity (Wildman–Crippen MR) is 161 cm³/mol. The van der Waals surface area contributed by atoms with Crippen molar-refractivity contribution in [2.45, 2.75) is 62.9 Å². The molecule has 3 aromatic heterocycles. The molecule has 4 aliphatic heterocycles. The lowest BCUT2D eigenvalue weighted by Gasteiger charge is -2.34. The van der Waals surface area contributed by atoms with Gasteiger partial charge in [-0.25, -0.2) is 13.8 Å². The molecule has 1 aromatic carbocycles. The summed E-state index contributed by atoms with van der Waals surface area (Å²) in [6.07, 6.45) is 5.07. The maximum absolute atomic E-state index is 16.7. The van der Waals surface area contributed by atoms with Gasteiger partial charge in [-0.1, -0.05) is 23.7 Å².